The highest BCUT2D eigenvalue weighted by Crippen LogP contribution is 2.22. The van der Waals surface area contributed by atoms with E-state index in [9.17, 15) is 9.59 Å². The molecule has 82 valence electrons. The summed E-state index contributed by atoms with van der Waals surface area (Å²) in [5.74, 6) is -0.617. The predicted octanol–water partition coefficient (Wildman–Crippen LogP) is 0.388. The van der Waals surface area contributed by atoms with Crippen LogP contribution in [0.5, 0.6) is 0 Å². The molecular formula is C8H10N2O4S. The number of aliphatic hydroxyl groups is 1. The predicted molar refractivity (Wildman–Crippen MR) is 54.9 cm³/mol. The molecule has 0 radical (unpaired) electrons. The normalized spacial score (nSPS) is 9.67. The average Bonchev–Trinajstić information content (AvgIpc) is 2.62. The molecule has 4 N–H and O–H groups in total. The van der Waals surface area contributed by atoms with Crippen molar-refractivity contribution in [3.63, 3.8) is 0 Å². The zero-order valence-electron chi connectivity index (χ0n) is 7.73. The maximum atomic E-state index is 11.1. The smallest absolute Gasteiger partial charge is 0.412 e. The highest BCUT2D eigenvalue weighted by molar-refractivity contribution is 7.14. The summed E-state index contributed by atoms with van der Waals surface area (Å²) in [5.41, 5.74) is 5.31. The molecule has 1 rings (SSSR count). The number of nitrogens with one attached hydrogen (secondary N) is 1. The Balaban J connectivity index is 2.60. The van der Waals surface area contributed by atoms with Gasteiger partial charge in [-0.05, 0) is 11.4 Å². The lowest BCUT2D eigenvalue weighted by Crippen LogP contribution is -2.18. The van der Waals surface area contributed by atoms with Crippen LogP contribution in [0.4, 0.5) is 9.80 Å². The molecule has 1 aromatic heterocycles. The molecule has 0 aromatic carbocycles. The van der Waals surface area contributed by atoms with Crippen molar-refractivity contribution in [3.05, 3.63) is 17.0 Å². The number of carbonyl (C=O) groups excluding carboxylic acids is 2. The maximum Gasteiger partial charge on any atom is 0.412 e. The van der Waals surface area contributed by atoms with Crippen LogP contribution in [0.3, 0.4) is 0 Å². The van der Waals surface area contributed by atoms with E-state index in [1.165, 1.54) is 6.07 Å². The van der Waals surface area contributed by atoms with Gasteiger partial charge in [-0.15, -0.1) is 11.3 Å². The molecule has 0 unspecified atom stereocenters. The number of rotatable bonds is 4. The second kappa shape index (κ2) is 5.32. The van der Waals surface area contributed by atoms with Gasteiger partial charge in [-0.25, -0.2) is 4.79 Å². The summed E-state index contributed by atoms with van der Waals surface area (Å²) in [6.45, 7) is -0.344. The number of hydrogen-bond donors (Lipinski definition) is 3. The number of anilines is 1. The fraction of sp³-hybridized carbons (Fsp3) is 0.250. The van der Waals surface area contributed by atoms with Crippen LogP contribution in [-0.2, 0) is 4.74 Å². The molecule has 0 aliphatic rings. The van der Waals surface area contributed by atoms with Crippen LogP contribution in [0.2, 0.25) is 0 Å². The van der Waals surface area contributed by atoms with Crippen LogP contribution < -0.4 is 11.1 Å². The molecule has 0 spiro atoms. The number of carbonyl (C=O) groups is 2. The maximum absolute atomic E-state index is 11.1. The Bertz CT molecular complexity index is 363. The van der Waals surface area contributed by atoms with Crippen molar-refractivity contribution in [3.8, 4) is 0 Å². The van der Waals surface area contributed by atoms with Crippen molar-refractivity contribution in [1.82, 2.24) is 0 Å². The second-order valence-corrected chi connectivity index (χ2v) is 3.43. The molecule has 15 heavy (non-hydrogen) atoms. The van der Waals surface area contributed by atoms with Gasteiger partial charge in [0.1, 0.15) is 11.6 Å². The summed E-state index contributed by atoms with van der Waals surface area (Å²) in [6.07, 6.45) is -0.728. The van der Waals surface area contributed by atoms with Gasteiger partial charge >= 0.3 is 6.09 Å². The van der Waals surface area contributed by atoms with E-state index in [1.54, 1.807) is 5.38 Å². The Hall–Kier alpha value is -1.60. The molecule has 0 saturated carbocycles. The lowest BCUT2D eigenvalue weighted by molar-refractivity contribution is 0.100. The average molecular weight is 230 g/mol. The van der Waals surface area contributed by atoms with E-state index in [4.69, 9.17) is 10.8 Å². The first-order valence-electron chi connectivity index (χ1n) is 4.07. The van der Waals surface area contributed by atoms with Crippen molar-refractivity contribution in [2.24, 2.45) is 5.73 Å². The monoisotopic (exact) mass is 230 g/mol. The third-order valence-corrected chi connectivity index (χ3v) is 2.30. The van der Waals surface area contributed by atoms with Crippen LogP contribution in [-0.4, -0.2) is 30.3 Å². The van der Waals surface area contributed by atoms with E-state index in [0.29, 0.717) is 5.00 Å². The molecule has 7 heteroatoms. The summed E-state index contributed by atoms with van der Waals surface area (Å²) in [4.78, 5) is 21.9. The number of ether oxygens (including phenoxy) is 1. The van der Waals surface area contributed by atoms with Crippen LogP contribution >= 0.6 is 11.3 Å². The first kappa shape index (κ1) is 11.5. The first-order valence-corrected chi connectivity index (χ1v) is 4.95. The molecular weight excluding hydrogens is 220 g/mol. The second-order valence-electron chi connectivity index (χ2n) is 2.51. The van der Waals surface area contributed by atoms with Gasteiger partial charge in [0.25, 0.3) is 5.91 Å². The number of aliphatic hydroxyl groups excluding tert-OH is 1. The Labute approximate surface area is 89.7 Å². The van der Waals surface area contributed by atoms with Crippen molar-refractivity contribution in [2.45, 2.75) is 0 Å². The van der Waals surface area contributed by atoms with Gasteiger partial charge in [0, 0.05) is 0 Å². The van der Waals surface area contributed by atoms with Crippen LogP contribution in [0.25, 0.3) is 0 Å². The van der Waals surface area contributed by atoms with Gasteiger partial charge in [-0.2, -0.15) is 0 Å². The van der Waals surface area contributed by atoms with Crippen LogP contribution in [0.1, 0.15) is 10.4 Å². The van der Waals surface area contributed by atoms with E-state index >= 15 is 0 Å². The fourth-order valence-corrected chi connectivity index (χ4v) is 1.65. The lowest BCUT2D eigenvalue weighted by atomic mass is 10.3. The molecule has 0 aliphatic carbocycles. The molecule has 1 heterocycles. The SMILES string of the molecule is NC(=O)c1ccsc1NC(=O)OCCO. The Morgan fingerprint density at radius 3 is 2.93 bits per heavy atom. The minimum Gasteiger partial charge on any atom is -0.447 e. The van der Waals surface area contributed by atoms with Crippen LogP contribution in [0, 0.1) is 0 Å². The fourth-order valence-electron chi connectivity index (χ4n) is 0.867. The Morgan fingerprint density at radius 1 is 1.60 bits per heavy atom. The summed E-state index contributed by atoms with van der Waals surface area (Å²) < 4.78 is 4.55. The molecule has 1 aromatic rings. The van der Waals surface area contributed by atoms with E-state index < -0.39 is 12.0 Å². The van der Waals surface area contributed by atoms with Gasteiger partial charge in [0.2, 0.25) is 0 Å². The Morgan fingerprint density at radius 2 is 2.33 bits per heavy atom. The van der Waals surface area contributed by atoms with E-state index in [-0.39, 0.29) is 18.8 Å². The quantitative estimate of drug-likeness (QED) is 0.696. The molecule has 0 saturated heterocycles. The zero-order chi connectivity index (χ0) is 11.3. The molecule has 0 bridgehead atoms. The van der Waals surface area contributed by atoms with E-state index in [0.717, 1.165) is 11.3 Å². The number of hydrogen-bond acceptors (Lipinski definition) is 5. The number of thiophene rings is 1. The largest absolute Gasteiger partial charge is 0.447 e. The third-order valence-electron chi connectivity index (χ3n) is 1.47. The van der Waals surface area contributed by atoms with E-state index in [2.05, 4.69) is 10.1 Å². The minimum absolute atomic E-state index is 0.0941. The highest BCUT2D eigenvalue weighted by atomic mass is 32.1. The molecule has 6 nitrogen and oxygen atoms in total. The highest BCUT2D eigenvalue weighted by Gasteiger charge is 2.12. The van der Waals surface area contributed by atoms with Gasteiger partial charge in [0.05, 0.1) is 12.2 Å². The summed E-state index contributed by atoms with van der Waals surface area (Å²) in [5, 5.41) is 12.7. The summed E-state index contributed by atoms with van der Waals surface area (Å²) in [7, 11) is 0. The lowest BCUT2D eigenvalue weighted by Gasteiger charge is -2.04. The number of nitrogens with two attached hydrogens (primary N) is 1. The van der Waals surface area contributed by atoms with Crippen LogP contribution in [0.15, 0.2) is 11.4 Å². The van der Waals surface area contributed by atoms with Gasteiger partial charge < -0.3 is 15.6 Å². The van der Waals surface area contributed by atoms with Gasteiger partial charge in [0.15, 0.2) is 0 Å². The standard InChI is InChI=1S/C8H10N2O4S/c9-6(12)5-1-4-15-7(5)10-8(13)14-3-2-11/h1,4,11H,2-3H2,(H2,9,12)(H,10,13). The number of primary amides is 1. The molecule has 0 fully saturated rings. The topological polar surface area (TPSA) is 102 Å². The summed E-state index contributed by atoms with van der Waals surface area (Å²) >= 11 is 1.16. The first-order chi connectivity index (χ1) is 7.15. The zero-order valence-corrected chi connectivity index (χ0v) is 8.54. The Kier molecular flexibility index (Phi) is 4.07. The number of amides is 2. The van der Waals surface area contributed by atoms with Gasteiger partial charge in [-0.3, -0.25) is 10.1 Å². The van der Waals surface area contributed by atoms with Crippen molar-refractivity contribution < 1.29 is 19.4 Å². The van der Waals surface area contributed by atoms with E-state index in [1.807, 2.05) is 0 Å². The van der Waals surface area contributed by atoms with Crippen molar-refractivity contribution in [1.29, 1.82) is 0 Å². The van der Waals surface area contributed by atoms with Crippen molar-refractivity contribution >= 4 is 28.3 Å². The van der Waals surface area contributed by atoms with Crippen molar-refractivity contribution in [2.75, 3.05) is 18.5 Å². The minimum atomic E-state index is -0.728. The third kappa shape index (κ3) is 3.22. The molecule has 0 aliphatic heterocycles. The molecule has 0 atom stereocenters. The summed E-state index contributed by atoms with van der Waals surface area (Å²) in [6, 6.07) is 1.51. The molecule has 2 amide bonds. The van der Waals surface area contributed by atoms with Gasteiger partial charge in [-0.1, -0.05) is 0 Å².